The van der Waals surface area contributed by atoms with Gasteiger partial charge in [0.15, 0.2) is 12.0 Å². The van der Waals surface area contributed by atoms with Gasteiger partial charge in [0.05, 0.1) is 12.3 Å². The summed E-state index contributed by atoms with van der Waals surface area (Å²) in [7, 11) is 0. The monoisotopic (exact) mass is 332 g/mol. The second-order valence-electron chi connectivity index (χ2n) is 6.18. The van der Waals surface area contributed by atoms with Crippen molar-refractivity contribution in [3.63, 3.8) is 0 Å². The SMILES string of the molecule is C=P(C)(C)CC[C@H]1OC(n2cc(O)c(=O)[nH]c2=O)[C@H](O)[C@@H]1O. The number of nitrogens with one attached hydrogen (secondary N) is 1. The molecule has 1 aliphatic rings. The van der Waals surface area contributed by atoms with Gasteiger partial charge in [-0.05, 0) is 25.9 Å². The van der Waals surface area contributed by atoms with Crippen LogP contribution in [0.2, 0.25) is 0 Å². The Balaban J connectivity index is 2.23. The summed E-state index contributed by atoms with van der Waals surface area (Å²) in [5, 5.41) is 29.6. The van der Waals surface area contributed by atoms with Gasteiger partial charge < -0.3 is 20.1 Å². The van der Waals surface area contributed by atoms with Crippen LogP contribution >= 0.6 is 6.89 Å². The molecule has 9 heteroatoms. The summed E-state index contributed by atoms with van der Waals surface area (Å²) in [5.41, 5.74) is -1.75. The topological polar surface area (TPSA) is 125 Å². The number of rotatable bonds is 4. The van der Waals surface area contributed by atoms with Crippen molar-refractivity contribution in [1.29, 1.82) is 0 Å². The summed E-state index contributed by atoms with van der Waals surface area (Å²) < 4.78 is 6.43. The third kappa shape index (κ3) is 3.52. The van der Waals surface area contributed by atoms with Crippen molar-refractivity contribution in [3.05, 3.63) is 27.0 Å². The van der Waals surface area contributed by atoms with E-state index in [1.54, 1.807) is 0 Å². The van der Waals surface area contributed by atoms with Crippen molar-refractivity contribution in [2.24, 2.45) is 0 Å². The van der Waals surface area contributed by atoms with Crippen molar-refractivity contribution in [1.82, 2.24) is 9.55 Å². The quantitative estimate of drug-likeness (QED) is 0.522. The molecule has 1 aromatic heterocycles. The van der Waals surface area contributed by atoms with Crippen LogP contribution in [-0.4, -0.2) is 69.0 Å². The summed E-state index contributed by atoms with van der Waals surface area (Å²) in [6, 6.07) is 0. The smallest absolute Gasteiger partial charge is 0.330 e. The number of nitrogens with zero attached hydrogens (tertiary/aromatic N) is 1. The predicted molar refractivity (Wildman–Crippen MR) is 84.3 cm³/mol. The highest BCUT2D eigenvalue weighted by atomic mass is 31.2. The molecule has 0 aliphatic carbocycles. The molecule has 124 valence electrons. The van der Waals surface area contributed by atoms with E-state index in [1.165, 1.54) is 0 Å². The van der Waals surface area contributed by atoms with Gasteiger partial charge in [-0.2, -0.15) is 0 Å². The molecular formula is C13H21N2O6P. The van der Waals surface area contributed by atoms with Gasteiger partial charge in [-0.25, -0.2) is 4.79 Å². The van der Waals surface area contributed by atoms with Crippen LogP contribution in [0.25, 0.3) is 0 Å². The fourth-order valence-electron chi connectivity index (χ4n) is 2.34. The van der Waals surface area contributed by atoms with Crippen molar-refractivity contribution in [2.75, 3.05) is 19.5 Å². The molecule has 0 amide bonds. The molecule has 1 saturated heterocycles. The van der Waals surface area contributed by atoms with Crippen LogP contribution < -0.4 is 11.2 Å². The highest BCUT2D eigenvalue weighted by molar-refractivity contribution is 7.72. The summed E-state index contributed by atoms with van der Waals surface area (Å²) in [6.07, 6.45) is 1.94. The third-order valence-corrected chi connectivity index (χ3v) is 5.05. The number of ether oxygens (including phenoxy) is 1. The van der Waals surface area contributed by atoms with Crippen molar-refractivity contribution >= 4 is 13.2 Å². The third-order valence-electron chi connectivity index (χ3n) is 3.58. The van der Waals surface area contributed by atoms with Crippen molar-refractivity contribution in [2.45, 2.75) is 31.0 Å². The second kappa shape index (κ2) is 6.04. The normalized spacial score (nSPS) is 28.9. The Hall–Kier alpha value is -1.34. The van der Waals surface area contributed by atoms with Crippen LogP contribution in [0.3, 0.4) is 0 Å². The summed E-state index contributed by atoms with van der Waals surface area (Å²) in [6.45, 7) is 2.79. The Morgan fingerprint density at radius 2 is 2.00 bits per heavy atom. The molecule has 0 bridgehead atoms. The number of aliphatic hydroxyl groups is 2. The van der Waals surface area contributed by atoms with E-state index in [0.29, 0.717) is 6.42 Å². The lowest BCUT2D eigenvalue weighted by Gasteiger charge is -2.18. The highest BCUT2D eigenvalue weighted by Gasteiger charge is 2.44. The largest absolute Gasteiger partial charge is 0.502 e. The zero-order chi connectivity index (χ0) is 16.7. The van der Waals surface area contributed by atoms with E-state index in [2.05, 4.69) is 6.30 Å². The molecule has 22 heavy (non-hydrogen) atoms. The molecule has 0 radical (unpaired) electrons. The fraction of sp³-hybridized carbons (Fsp3) is 0.615. The van der Waals surface area contributed by atoms with Gasteiger partial charge in [0.2, 0.25) is 0 Å². The first-order chi connectivity index (χ1) is 10.1. The van der Waals surface area contributed by atoms with Crippen LogP contribution in [0.1, 0.15) is 12.6 Å². The minimum absolute atomic E-state index is 0.503. The molecule has 2 heterocycles. The maximum absolute atomic E-state index is 11.8. The minimum Gasteiger partial charge on any atom is -0.502 e. The van der Waals surface area contributed by atoms with Crippen LogP contribution in [0.4, 0.5) is 0 Å². The first-order valence-corrected chi connectivity index (χ1v) is 9.89. The van der Waals surface area contributed by atoms with Gasteiger partial charge in [-0.1, -0.05) is 0 Å². The predicted octanol–water partition coefficient (Wildman–Crippen LogP) is -1.04. The lowest BCUT2D eigenvalue weighted by atomic mass is 10.1. The summed E-state index contributed by atoms with van der Waals surface area (Å²) in [4.78, 5) is 24.8. The zero-order valence-electron chi connectivity index (χ0n) is 12.5. The number of hydrogen-bond donors (Lipinski definition) is 4. The highest BCUT2D eigenvalue weighted by Crippen LogP contribution is 2.39. The Morgan fingerprint density at radius 3 is 2.59 bits per heavy atom. The standard InChI is InChI=1S/C13H21N2O6P/c1-22(2,3)5-4-8-9(17)10(18)12(21-8)15-6-7(16)11(19)14-13(15)20/h6,8-10,12,16-18H,1,4-5H2,2-3H3,(H,14,19,20)/t8-,9-,10-,12?/m1/s1. The molecule has 0 aromatic carbocycles. The van der Waals surface area contributed by atoms with Gasteiger partial charge in [0, 0.05) is 0 Å². The van der Waals surface area contributed by atoms with Crippen LogP contribution in [0.5, 0.6) is 5.75 Å². The molecular weight excluding hydrogens is 311 g/mol. The van der Waals surface area contributed by atoms with Crippen molar-refractivity contribution < 1.29 is 20.1 Å². The average molecular weight is 332 g/mol. The minimum atomic E-state index is -1.33. The van der Waals surface area contributed by atoms with Gasteiger partial charge in [0.1, 0.15) is 12.2 Å². The number of aliphatic hydroxyl groups excluding tert-OH is 2. The van der Waals surface area contributed by atoms with E-state index in [1.807, 2.05) is 18.3 Å². The number of hydrogen-bond acceptors (Lipinski definition) is 6. The first-order valence-electron chi connectivity index (χ1n) is 6.83. The molecule has 0 saturated carbocycles. The Morgan fingerprint density at radius 1 is 1.36 bits per heavy atom. The molecule has 1 aromatic rings. The molecule has 2 rings (SSSR count). The van der Waals surface area contributed by atoms with Crippen LogP contribution in [-0.2, 0) is 4.74 Å². The molecule has 4 atom stereocenters. The van der Waals surface area contributed by atoms with Gasteiger partial charge >= 0.3 is 5.69 Å². The Labute approximate surface area is 127 Å². The van der Waals surface area contributed by atoms with Gasteiger partial charge in [0.25, 0.3) is 5.56 Å². The second-order valence-corrected chi connectivity index (χ2v) is 10.5. The number of aromatic hydroxyl groups is 1. The Bertz CT molecular complexity index is 705. The fourth-order valence-corrected chi connectivity index (χ4v) is 3.29. The lowest BCUT2D eigenvalue weighted by molar-refractivity contribution is -0.0405. The van der Waals surface area contributed by atoms with Crippen molar-refractivity contribution in [3.8, 4) is 5.75 Å². The van der Waals surface area contributed by atoms with E-state index < -0.39 is 48.4 Å². The molecule has 4 N–H and O–H groups in total. The van der Waals surface area contributed by atoms with E-state index in [9.17, 15) is 24.9 Å². The summed E-state index contributed by atoms with van der Waals surface area (Å²) >= 11 is 0. The lowest BCUT2D eigenvalue weighted by Crippen LogP contribution is -2.37. The van der Waals surface area contributed by atoms with E-state index in [0.717, 1.165) is 16.9 Å². The summed E-state index contributed by atoms with van der Waals surface area (Å²) in [5.74, 6) is -0.668. The molecule has 0 spiro atoms. The van der Waals surface area contributed by atoms with Crippen LogP contribution in [0, 0.1) is 0 Å². The van der Waals surface area contributed by atoms with E-state index in [-0.39, 0.29) is 0 Å². The Kier molecular flexibility index (Phi) is 4.67. The van der Waals surface area contributed by atoms with Gasteiger partial charge in [-0.15, -0.1) is 13.2 Å². The average Bonchev–Trinajstić information content (AvgIpc) is 2.68. The van der Waals surface area contributed by atoms with E-state index in [4.69, 9.17) is 4.74 Å². The first kappa shape index (κ1) is 17.0. The van der Waals surface area contributed by atoms with E-state index >= 15 is 0 Å². The van der Waals surface area contributed by atoms with Crippen LogP contribution in [0.15, 0.2) is 15.8 Å². The molecule has 1 fully saturated rings. The molecule has 1 aliphatic heterocycles. The maximum Gasteiger partial charge on any atom is 0.330 e. The number of aromatic amines is 1. The maximum atomic E-state index is 11.8. The molecule has 8 nitrogen and oxygen atoms in total. The number of H-pyrrole nitrogens is 1. The number of aromatic nitrogens is 2. The zero-order valence-corrected chi connectivity index (χ0v) is 13.4. The van der Waals surface area contributed by atoms with Gasteiger partial charge in [-0.3, -0.25) is 14.3 Å². The molecule has 1 unspecified atom stereocenters.